The van der Waals surface area contributed by atoms with Crippen LogP contribution in [0.15, 0.2) is 18.2 Å². The molecule has 0 aromatic heterocycles. The lowest BCUT2D eigenvalue weighted by molar-refractivity contribution is -0.120. The smallest absolute Gasteiger partial charge is 0.405 e. The van der Waals surface area contributed by atoms with Crippen molar-refractivity contribution >= 4 is 22.9 Å². The van der Waals surface area contributed by atoms with E-state index in [0.29, 0.717) is 17.0 Å². The molecule has 0 unspecified atom stereocenters. The first-order valence-corrected chi connectivity index (χ1v) is 6.54. The van der Waals surface area contributed by atoms with E-state index in [-0.39, 0.29) is 11.0 Å². The highest BCUT2D eigenvalue weighted by Gasteiger charge is 2.39. The van der Waals surface area contributed by atoms with E-state index in [4.69, 9.17) is 22.7 Å². The Morgan fingerprint density at radius 2 is 2.10 bits per heavy atom. The number of hydrogen-bond acceptors (Lipinski definition) is 3. The lowest BCUT2D eigenvalue weighted by atomic mass is 10.1. The normalized spacial score (nSPS) is 15.0. The van der Waals surface area contributed by atoms with Crippen molar-refractivity contribution in [2.24, 2.45) is 5.73 Å². The maximum atomic E-state index is 12.8. The number of anilines is 1. The molecule has 1 aromatic rings. The minimum Gasteiger partial charge on any atom is -0.497 e. The Balaban J connectivity index is 2.42. The van der Waals surface area contributed by atoms with E-state index in [9.17, 15) is 13.2 Å². The summed E-state index contributed by atoms with van der Waals surface area (Å²) in [6, 6.07) is 4.68. The fourth-order valence-corrected chi connectivity index (χ4v) is 2.25. The number of rotatable bonds is 5. The van der Waals surface area contributed by atoms with Gasteiger partial charge in [0.05, 0.1) is 12.8 Å². The maximum absolute atomic E-state index is 12.8. The minimum atomic E-state index is -4.28. The van der Waals surface area contributed by atoms with Gasteiger partial charge in [0.25, 0.3) is 0 Å². The van der Waals surface area contributed by atoms with Gasteiger partial charge in [0.2, 0.25) is 0 Å². The van der Waals surface area contributed by atoms with Crippen LogP contribution >= 0.6 is 12.2 Å². The molecule has 1 aliphatic rings. The van der Waals surface area contributed by atoms with Crippen LogP contribution < -0.4 is 15.4 Å². The second kappa shape index (κ2) is 5.47. The lowest BCUT2D eigenvalue weighted by Crippen LogP contribution is -2.37. The van der Waals surface area contributed by atoms with E-state index in [1.165, 1.54) is 12.0 Å². The van der Waals surface area contributed by atoms with Crippen molar-refractivity contribution in [3.8, 4) is 5.75 Å². The van der Waals surface area contributed by atoms with Gasteiger partial charge in [0, 0.05) is 17.7 Å². The maximum Gasteiger partial charge on any atom is 0.405 e. The highest BCUT2D eigenvalue weighted by molar-refractivity contribution is 7.80. The van der Waals surface area contributed by atoms with Crippen LogP contribution in [0.25, 0.3) is 0 Å². The zero-order valence-electron chi connectivity index (χ0n) is 10.9. The summed E-state index contributed by atoms with van der Waals surface area (Å²) in [5, 5.41) is 0. The van der Waals surface area contributed by atoms with E-state index < -0.39 is 12.7 Å². The van der Waals surface area contributed by atoms with Gasteiger partial charge in [-0.15, -0.1) is 0 Å². The number of thiocarbonyl (C=S) groups is 1. The summed E-state index contributed by atoms with van der Waals surface area (Å²) in [6.07, 6.45) is -2.80. The van der Waals surface area contributed by atoms with E-state index >= 15 is 0 Å². The van der Waals surface area contributed by atoms with Gasteiger partial charge >= 0.3 is 6.18 Å². The minimum absolute atomic E-state index is 0.0791. The highest BCUT2D eigenvalue weighted by atomic mass is 32.1. The van der Waals surface area contributed by atoms with E-state index in [0.717, 1.165) is 12.8 Å². The molecule has 3 nitrogen and oxygen atoms in total. The summed E-state index contributed by atoms with van der Waals surface area (Å²) >= 11 is 4.93. The van der Waals surface area contributed by atoms with Crippen LogP contribution in [-0.2, 0) is 0 Å². The molecule has 0 aliphatic heterocycles. The monoisotopic (exact) mass is 304 g/mol. The number of nitrogens with two attached hydrogens (primary N) is 1. The number of ether oxygens (including phenoxy) is 1. The molecule has 7 heteroatoms. The third-order valence-electron chi connectivity index (χ3n) is 3.12. The fourth-order valence-electron chi connectivity index (χ4n) is 2.07. The van der Waals surface area contributed by atoms with E-state index in [1.54, 1.807) is 18.2 Å². The molecule has 20 heavy (non-hydrogen) atoms. The van der Waals surface area contributed by atoms with Crippen molar-refractivity contribution in [2.75, 3.05) is 18.6 Å². The van der Waals surface area contributed by atoms with Gasteiger partial charge in [-0.25, -0.2) is 0 Å². The molecule has 0 atom stereocenters. The van der Waals surface area contributed by atoms with Crippen LogP contribution in [0.1, 0.15) is 18.4 Å². The topological polar surface area (TPSA) is 38.5 Å². The average Bonchev–Trinajstić information content (AvgIpc) is 3.18. The summed E-state index contributed by atoms with van der Waals surface area (Å²) in [4.78, 5) is 1.40. The number of benzene rings is 1. The number of alkyl halides is 3. The largest absolute Gasteiger partial charge is 0.497 e. The molecule has 2 N–H and O–H groups in total. The molecular formula is C13H15F3N2OS. The first-order chi connectivity index (χ1) is 9.31. The molecular weight excluding hydrogens is 289 g/mol. The molecule has 0 bridgehead atoms. The Labute approximate surface area is 120 Å². The number of nitrogens with zero attached hydrogens (tertiary/aromatic N) is 1. The summed E-state index contributed by atoms with van der Waals surface area (Å²) in [5.74, 6) is 0.479. The quantitative estimate of drug-likeness (QED) is 0.849. The standard InChI is InChI=1S/C13H15F3N2OS/c1-19-9-4-5-10(12(17)20)11(6-9)18(8-2-3-8)7-13(14,15)16/h4-6,8H,2-3,7H2,1H3,(H2,17,20). The molecule has 0 saturated heterocycles. The van der Waals surface area contributed by atoms with Crippen LogP contribution in [0.5, 0.6) is 5.75 Å². The van der Waals surface area contributed by atoms with Gasteiger partial charge in [-0.1, -0.05) is 12.2 Å². The molecule has 0 radical (unpaired) electrons. The summed E-state index contributed by atoms with van der Waals surface area (Å²) in [6.45, 7) is -1.01. The molecule has 1 fully saturated rings. The van der Waals surface area contributed by atoms with E-state index in [1.807, 2.05) is 0 Å². The number of halogens is 3. The molecule has 0 amide bonds. The molecule has 110 valence electrons. The molecule has 1 aromatic carbocycles. The van der Waals surface area contributed by atoms with Crippen molar-refractivity contribution in [2.45, 2.75) is 25.1 Å². The van der Waals surface area contributed by atoms with Crippen molar-refractivity contribution in [3.05, 3.63) is 23.8 Å². The van der Waals surface area contributed by atoms with Crippen LogP contribution in [-0.4, -0.2) is 30.9 Å². The van der Waals surface area contributed by atoms with Crippen LogP contribution in [0.2, 0.25) is 0 Å². The van der Waals surface area contributed by atoms with Gasteiger partial charge in [0.1, 0.15) is 17.3 Å². The van der Waals surface area contributed by atoms with Crippen LogP contribution in [0, 0.1) is 0 Å². The summed E-state index contributed by atoms with van der Waals surface area (Å²) in [5.41, 5.74) is 6.44. The fraction of sp³-hybridized carbons (Fsp3) is 0.462. The molecule has 1 saturated carbocycles. The van der Waals surface area contributed by atoms with Gasteiger partial charge in [0.15, 0.2) is 0 Å². The first kappa shape index (κ1) is 14.9. The Kier molecular flexibility index (Phi) is 4.08. The van der Waals surface area contributed by atoms with Gasteiger partial charge in [-0.05, 0) is 25.0 Å². The van der Waals surface area contributed by atoms with Crippen LogP contribution in [0.3, 0.4) is 0 Å². The predicted octanol–water partition coefficient (Wildman–Crippen LogP) is 2.86. The zero-order valence-corrected chi connectivity index (χ0v) is 11.7. The van der Waals surface area contributed by atoms with Gasteiger partial charge in [-0.3, -0.25) is 0 Å². The van der Waals surface area contributed by atoms with Crippen LogP contribution in [0.4, 0.5) is 18.9 Å². The second-order valence-corrected chi connectivity index (χ2v) is 5.16. The Hall–Kier alpha value is -1.50. The van der Waals surface area contributed by atoms with Gasteiger partial charge < -0.3 is 15.4 Å². The number of hydrogen-bond donors (Lipinski definition) is 1. The average molecular weight is 304 g/mol. The first-order valence-electron chi connectivity index (χ1n) is 6.13. The van der Waals surface area contributed by atoms with Gasteiger partial charge in [-0.2, -0.15) is 13.2 Å². The second-order valence-electron chi connectivity index (χ2n) is 4.72. The molecule has 0 heterocycles. The lowest BCUT2D eigenvalue weighted by Gasteiger charge is -2.28. The molecule has 0 spiro atoms. The molecule has 1 aliphatic carbocycles. The highest BCUT2D eigenvalue weighted by Crippen LogP contribution is 2.37. The number of methoxy groups -OCH3 is 1. The SMILES string of the molecule is COc1ccc(C(N)=S)c(N(CC(F)(F)F)C2CC2)c1. The predicted molar refractivity (Wildman–Crippen MR) is 75.3 cm³/mol. The van der Waals surface area contributed by atoms with Crippen molar-refractivity contribution < 1.29 is 17.9 Å². The van der Waals surface area contributed by atoms with Crippen molar-refractivity contribution in [1.29, 1.82) is 0 Å². The van der Waals surface area contributed by atoms with E-state index in [2.05, 4.69) is 0 Å². The Morgan fingerprint density at radius 1 is 1.45 bits per heavy atom. The Bertz CT molecular complexity index is 515. The van der Waals surface area contributed by atoms with Crippen molar-refractivity contribution in [1.82, 2.24) is 0 Å². The zero-order chi connectivity index (χ0) is 14.9. The summed E-state index contributed by atoms with van der Waals surface area (Å²) in [7, 11) is 1.46. The summed E-state index contributed by atoms with van der Waals surface area (Å²) < 4.78 is 43.4. The van der Waals surface area contributed by atoms with Crippen molar-refractivity contribution in [3.63, 3.8) is 0 Å². The Morgan fingerprint density at radius 3 is 2.55 bits per heavy atom. The third-order valence-corrected chi connectivity index (χ3v) is 3.34. The molecule has 2 rings (SSSR count). The third kappa shape index (κ3) is 3.53.